The number of nitrogens with one attached hydrogen (secondary N) is 1. The summed E-state index contributed by atoms with van der Waals surface area (Å²) >= 11 is 2.17. The molecule has 0 atom stereocenters. The van der Waals surface area contributed by atoms with Crippen LogP contribution in [-0.2, 0) is 4.79 Å². The van der Waals surface area contributed by atoms with E-state index in [1.807, 2.05) is 25.1 Å². The van der Waals surface area contributed by atoms with E-state index in [9.17, 15) is 9.59 Å². The number of imide groups is 1. The fourth-order valence-corrected chi connectivity index (χ4v) is 2.36. The van der Waals surface area contributed by atoms with Crippen LogP contribution < -0.4 is 10.1 Å². The molecule has 1 aromatic carbocycles. The fraction of sp³-hybridized carbons (Fsp3) is 0.231. The molecule has 0 spiro atoms. The molecule has 19 heavy (non-hydrogen) atoms. The van der Waals surface area contributed by atoms with E-state index in [-0.39, 0.29) is 11.6 Å². The number of halogens is 1. The highest BCUT2D eigenvalue weighted by atomic mass is 127. The van der Waals surface area contributed by atoms with Gasteiger partial charge in [0.25, 0.3) is 5.91 Å². The summed E-state index contributed by atoms with van der Waals surface area (Å²) in [7, 11) is 1.44. The molecule has 0 bridgehead atoms. The zero-order valence-electron chi connectivity index (χ0n) is 10.6. The first kappa shape index (κ1) is 13.9. The number of ether oxygens (including phenoxy) is 1. The Morgan fingerprint density at radius 3 is 2.68 bits per heavy atom. The van der Waals surface area contributed by atoms with Crippen LogP contribution >= 0.6 is 22.6 Å². The molecule has 0 saturated carbocycles. The van der Waals surface area contributed by atoms with Crippen LogP contribution in [0.1, 0.15) is 12.5 Å². The van der Waals surface area contributed by atoms with Crippen molar-refractivity contribution in [3.05, 3.63) is 33.0 Å². The minimum Gasteiger partial charge on any atom is -0.493 e. The maximum absolute atomic E-state index is 11.7. The van der Waals surface area contributed by atoms with Gasteiger partial charge in [0, 0.05) is 7.05 Å². The molecule has 1 aliphatic heterocycles. The van der Waals surface area contributed by atoms with Crippen LogP contribution in [-0.4, -0.2) is 30.5 Å². The van der Waals surface area contributed by atoms with Crippen molar-refractivity contribution in [2.75, 3.05) is 13.7 Å². The molecular formula is C13H13IN2O3. The van der Waals surface area contributed by atoms with Crippen LogP contribution in [0.3, 0.4) is 0 Å². The first-order chi connectivity index (χ1) is 9.02. The number of carbonyl (C=O) groups excluding carboxylic acids is 2. The zero-order valence-corrected chi connectivity index (χ0v) is 12.7. The highest BCUT2D eigenvalue weighted by Crippen LogP contribution is 2.23. The third-order valence-electron chi connectivity index (χ3n) is 2.65. The predicted octanol–water partition coefficient (Wildman–Crippen LogP) is 2.21. The normalized spacial score (nSPS) is 17.0. The molecule has 0 aliphatic carbocycles. The molecular weight excluding hydrogens is 359 g/mol. The van der Waals surface area contributed by atoms with Crippen LogP contribution in [0.25, 0.3) is 6.08 Å². The predicted molar refractivity (Wildman–Crippen MR) is 79.6 cm³/mol. The molecule has 0 radical (unpaired) electrons. The monoisotopic (exact) mass is 372 g/mol. The van der Waals surface area contributed by atoms with Crippen molar-refractivity contribution in [1.29, 1.82) is 0 Å². The first-order valence-corrected chi connectivity index (χ1v) is 6.84. The fourth-order valence-electron chi connectivity index (χ4n) is 1.67. The van der Waals surface area contributed by atoms with Gasteiger partial charge in [0.05, 0.1) is 10.2 Å². The summed E-state index contributed by atoms with van der Waals surface area (Å²) in [6, 6.07) is 5.19. The summed E-state index contributed by atoms with van der Waals surface area (Å²) in [5.74, 6) is 0.484. The second-order valence-corrected chi connectivity index (χ2v) is 5.14. The van der Waals surface area contributed by atoms with Gasteiger partial charge in [0.15, 0.2) is 0 Å². The van der Waals surface area contributed by atoms with E-state index in [1.165, 1.54) is 7.05 Å². The Balaban J connectivity index is 2.27. The highest BCUT2D eigenvalue weighted by molar-refractivity contribution is 14.1. The minimum atomic E-state index is -0.406. The van der Waals surface area contributed by atoms with E-state index in [1.54, 1.807) is 6.08 Å². The molecule has 1 saturated heterocycles. The Hall–Kier alpha value is -1.57. The van der Waals surface area contributed by atoms with E-state index < -0.39 is 6.03 Å². The van der Waals surface area contributed by atoms with Crippen LogP contribution in [0.2, 0.25) is 0 Å². The van der Waals surface area contributed by atoms with Crippen molar-refractivity contribution in [1.82, 2.24) is 10.2 Å². The van der Waals surface area contributed by atoms with Crippen molar-refractivity contribution in [3.8, 4) is 5.75 Å². The van der Waals surface area contributed by atoms with Gasteiger partial charge in [-0.25, -0.2) is 4.79 Å². The van der Waals surface area contributed by atoms with Crippen LogP contribution in [0, 0.1) is 3.57 Å². The minimum absolute atomic E-state index is 0.285. The molecule has 1 heterocycles. The molecule has 1 aromatic rings. The summed E-state index contributed by atoms with van der Waals surface area (Å²) in [5.41, 5.74) is 1.12. The van der Waals surface area contributed by atoms with Crippen molar-refractivity contribution >= 4 is 40.6 Å². The van der Waals surface area contributed by atoms with Crippen LogP contribution in [0.15, 0.2) is 23.9 Å². The van der Waals surface area contributed by atoms with Gasteiger partial charge >= 0.3 is 6.03 Å². The van der Waals surface area contributed by atoms with E-state index in [4.69, 9.17) is 4.74 Å². The molecule has 0 unspecified atom stereocenters. The Morgan fingerprint density at radius 2 is 2.16 bits per heavy atom. The number of benzene rings is 1. The van der Waals surface area contributed by atoms with Gasteiger partial charge in [0.1, 0.15) is 11.4 Å². The topological polar surface area (TPSA) is 58.6 Å². The second kappa shape index (κ2) is 5.60. The number of hydrogen-bond acceptors (Lipinski definition) is 3. The molecule has 100 valence electrons. The van der Waals surface area contributed by atoms with Gasteiger partial charge in [-0.3, -0.25) is 9.69 Å². The van der Waals surface area contributed by atoms with Crippen molar-refractivity contribution in [2.45, 2.75) is 6.92 Å². The lowest BCUT2D eigenvalue weighted by Gasteiger charge is -2.06. The Kier molecular flexibility index (Phi) is 4.08. The molecule has 3 amide bonds. The standard InChI is InChI=1S/C13H13IN2O3/c1-3-19-11-5-4-8(6-9(11)14)7-10-12(17)16(2)13(18)15-10/h4-7H,3H2,1-2H3,(H,15,18)/b10-7+. The summed E-state index contributed by atoms with van der Waals surface area (Å²) in [5, 5.41) is 2.53. The largest absolute Gasteiger partial charge is 0.493 e. The van der Waals surface area contributed by atoms with E-state index >= 15 is 0 Å². The second-order valence-electron chi connectivity index (χ2n) is 3.98. The average Bonchev–Trinajstić information content (AvgIpc) is 2.61. The van der Waals surface area contributed by atoms with Crippen LogP contribution in [0.4, 0.5) is 4.79 Å². The Labute approximate surface area is 124 Å². The summed E-state index contributed by atoms with van der Waals surface area (Å²) in [4.78, 5) is 24.1. The van der Waals surface area contributed by atoms with Gasteiger partial charge < -0.3 is 10.1 Å². The van der Waals surface area contributed by atoms with Gasteiger partial charge in [0.2, 0.25) is 0 Å². The van der Waals surface area contributed by atoms with Crippen molar-refractivity contribution < 1.29 is 14.3 Å². The van der Waals surface area contributed by atoms with Crippen molar-refractivity contribution in [3.63, 3.8) is 0 Å². The third kappa shape index (κ3) is 2.89. The number of carbonyl (C=O) groups is 2. The number of nitrogens with zero attached hydrogens (tertiary/aromatic N) is 1. The van der Waals surface area contributed by atoms with Crippen LogP contribution in [0.5, 0.6) is 5.75 Å². The van der Waals surface area contributed by atoms with E-state index in [0.29, 0.717) is 6.61 Å². The van der Waals surface area contributed by atoms with Gasteiger partial charge in [-0.1, -0.05) is 6.07 Å². The lowest BCUT2D eigenvalue weighted by atomic mass is 10.2. The van der Waals surface area contributed by atoms with Gasteiger partial charge in [-0.05, 0) is 53.3 Å². The average molecular weight is 372 g/mol. The number of likely N-dealkylation sites (N-methyl/N-ethyl adjacent to an activating group) is 1. The Bertz CT molecular complexity index is 569. The smallest absolute Gasteiger partial charge is 0.328 e. The van der Waals surface area contributed by atoms with Crippen molar-refractivity contribution in [2.24, 2.45) is 0 Å². The molecule has 6 heteroatoms. The van der Waals surface area contributed by atoms with Gasteiger partial charge in [-0.15, -0.1) is 0 Å². The van der Waals surface area contributed by atoms with E-state index in [0.717, 1.165) is 19.8 Å². The number of rotatable bonds is 3. The lowest BCUT2D eigenvalue weighted by Crippen LogP contribution is -2.25. The maximum Gasteiger partial charge on any atom is 0.328 e. The molecule has 2 rings (SSSR count). The molecule has 1 aliphatic rings. The third-order valence-corrected chi connectivity index (χ3v) is 3.49. The number of amides is 3. The molecule has 0 aromatic heterocycles. The number of hydrogen-bond donors (Lipinski definition) is 1. The van der Waals surface area contributed by atoms with E-state index in [2.05, 4.69) is 27.9 Å². The molecule has 1 fully saturated rings. The SMILES string of the molecule is CCOc1ccc(/C=C2/NC(=O)N(C)C2=O)cc1I. The summed E-state index contributed by atoms with van der Waals surface area (Å²) in [6.07, 6.45) is 1.65. The zero-order chi connectivity index (χ0) is 14.0. The number of urea groups is 1. The maximum atomic E-state index is 11.7. The first-order valence-electron chi connectivity index (χ1n) is 5.76. The lowest BCUT2D eigenvalue weighted by molar-refractivity contribution is -0.121. The summed E-state index contributed by atoms with van der Waals surface area (Å²) in [6.45, 7) is 2.53. The highest BCUT2D eigenvalue weighted by Gasteiger charge is 2.29. The molecule has 5 nitrogen and oxygen atoms in total. The van der Waals surface area contributed by atoms with Gasteiger partial charge in [-0.2, -0.15) is 0 Å². The Morgan fingerprint density at radius 1 is 1.42 bits per heavy atom. The molecule has 1 N–H and O–H groups in total. The quantitative estimate of drug-likeness (QED) is 0.503. The summed E-state index contributed by atoms with van der Waals surface area (Å²) < 4.78 is 6.40.